The van der Waals surface area contributed by atoms with E-state index in [1.807, 2.05) is 32.9 Å². The fraction of sp³-hybridized carbons (Fsp3) is 0.636. The molecule has 0 aromatic heterocycles. The van der Waals surface area contributed by atoms with E-state index in [1.54, 1.807) is 0 Å². The fourth-order valence-electron chi connectivity index (χ4n) is 0.799. The zero-order valence-electron chi connectivity index (χ0n) is 9.30. The van der Waals surface area contributed by atoms with Crippen molar-refractivity contribution in [3.05, 3.63) is 23.9 Å². The predicted molar refractivity (Wildman–Crippen MR) is 59.6 cm³/mol. The minimum atomic E-state index is 0.179. The summed E-state index contributed by atoms with van der Waals surface area (Å²) in [6.07, 6.45) is 7.08. The molecule has 2 nitrogen and oxygen atoms in total. The summed E-state index contributed by atoms with van der Waals surface area (Å²) >= 11 is 0. The second kappa shape index (κ2) is 13.8. The third kappa shape index (κ3) is 11.2. The molecule has 78 valence electrons. The van der Waals surface area contributed by atoms with Crippen LogP contribution in [0.25, 0.3) is 0 Å². The van der Waals surface area contributed by atoms with Gasteiger partial charge in [-0.1, -0.05) is 32.9 Å². The Balaban J connectivity index is 0. The smallest absolute Gasteiger partial charge is 0.0604 e. The van der Waals surface area contributed by atoms with Gasteiger partial charge in [0.1, 0.15) is 0 Å². The minimum absolute atomic E-state index is 0.179. The lowest BCUT2D eigenvalue weighted by molar-refractivity contribution is 0.297. The summed E-state index contributed by atoms with van der Waals surface area (Å²) in [5.74, 6) is 0. The first kappa shape index (κ1) is 14.7. The Morgan fingerprint density at radius 3 is 2.38 bits per heavy atom. The Hall–Kier alpha value is -0.760. The van der Waals surface area contributed by atoms with Crippen molar-refractivity contribution < 1.29 is 5.11 Å². The molecule has 0 aromatic rings. The van der Waals surface area contributed by atoms with Crippen LogP contribution in [0, 0.1) is 0 Å². The maximum Gasteiger partial charge on any atom is 0.0604 e. The molecule has 0 amide bonds. The lowest BCUT2D eigenvalue weighted by Crippen LogP contribution is -2.16. The van der Waals surface area contributed by atoms with Crippen LogP contribution in [-0.4, -0.2) is 18.3 Å². The molecule has 0 rings (SSSR count). The quantitative estimate of drug-likeness (QED) is 0.645. The summed E-state index contributed by atoms with van der Waals surface area (Å²) in [4.78, 5) is 0. The maximum absolute atomic E-state index is 8.54. The molecule has 0 saturated heterocycles. The Bertz CT molecular complexity index is 139. The van der Waals surface area contributed by atoms with Gasteiger partial charge in [-0.2, -0.15) is 0 Å². The molecule has 0 saturated carbocycles. The van der Waals surface area contributed by atoms with Crippen molar-refractivity contribution in [2.75, 3.05) is 13.2 Å². The highest BCUT2D eigenvalue weighted by Gasteiger charge is 1.86. The largest absolute Gasteiger partial charge is 0.395 e. The molecule has 0 aromatic carbocycles. The monoisotopic (exact) mass is 185 g/mol. The van der Waals surface area contributed by atoms with E-state index in [1.165, 1.54) is 0 Å². The van der Waals surface area contributed by atoms with E-state index < -0.39 is 0 Å². The van der Waals surface area contributed by atoms with Gasteiger partial charge in [0.05, 0.1) is 6.61 Å². The van der Waals surface area contributed by atoms with Gasteiger partial charge in [-0.05, 0) is 19.4 Å². The van der Waals surface area contributed by atoms with Crippen LogP contribution in [0.1, 0.15) is 34.1 Å². The van der Waals surface area contributed by atoms with Gasteiger partial charge in [-0.15, -0.1) is 0 Å². The summed E-state index contributed by atoms with van der Waals surface area (Å²) in [6.45, 7) is 8.86. The van der Waals surface area contributed by atoms with Crippen molar-refractivity contribution in [2.24, 2.45) is 0 Å². The summed E-state index contributed by atoms with van der Waals surface area (Å²) < 4.78 is 0. The molecule has 0 spiro atoms. The van der Waals surface area contributed by atoms with Gasteiger partial charge < -0.3 is 10.4 Å². The predicted octanol–water partition coefficient (Wildman–Crippen LogP) is 2.46. The average molecular weight is 185 g/mol. The van der Waals surface area contributed by atoms with E-state index in [-0.39, 0.29) is 6.61 Å². The van der Waals surface area contributed by atoms with Crippen LogP contribution in [0.4, 0.5) is 0 Å². The van der Waals surface area contributed by atoms with E-state index in [0.717, 1.165) is 12.1 Å². The number of allylic oxidation sites excluding steroid dienone is 3. The Morgan fingerprint density at radius 2 is 2.00 bits per heavy atom. The number of aliphatic hydroxyl groups is 1. The lowest BCUT2D eigenvalue weighted by atomic mass is 10.3. The van der Waals surface area contributed by atoms with Gasteiger partial charge in [-0.25, -0.2) is 0 Å². The van der Waals surface area contributed by atoms with Crippen LogP contribution in [0.5, 0.6) is 0 Å². The second-order valence-corrected chi connectivity index (χ2v) is 2.22. The third-order valence-electron chi connectivity index (χ3n) is 1.21. The molecule has 0 atom stereocenters. The molecule has 2 heteroatoms. The van der Waals surface area contributed by atoms with Crippen LogP contribution >= 0.6 is 0 Å². The molecule has 0 unspecified atom stereocenters. The molecular weight excluding hydrogens is 162 g/mol. The number of hydrogen-bond donors (Lipinski definition) is 2. The summed E-state index contributed by atoms with van der Waals surface area (Å²) in [5.41, 5.74) is 1.09. The molecule has 0 aliphatic heterocycles. The normalized spacial score (nSPS) is 11.0. The average Bonchev–Trinajstić information content (AvgIpc) is 2.18. The Kier molecular flexibility index (Phi) is 15.7. The minimum Gasteiger partial charge on any atom is -0.395 e. The SMILES string of the molecule is C/C=C\C(=C/CC)NCCO.CC. The summed E-state index contributed by atoms with van der Waals surface area (Å²) in [5, 5.41) is 11.6. The van der Waals surface area contributed by atoms with Crippen LogP contribution in [0.3, 0.4) is 0 Å². The highest BCUT2D eigenvalue weighted by molar-refractivity contribution is 5.15. The summed E-state index contributed by atoms with van der Waals surface area (Å²) in [6, 6.07) is 0. The van der Waals surface area contributed by atoms with Crippen LogP contribution in [0.15, 0.2) is 23.9 Å². The van der Waals surface area contributed by atoms with Crippen molar-refractivity contribution in [3.63, 3.8) is 0 Å². The van der Waals surface area contributed by atoms with Gasteiger partial charge in [-0.3, -0.25) is 0 Å². The topological polar surface area (TPSA) is 32.3 Å². The van der Waals surface area contributed by atoms with Crippen LogP contribution in [-0.2, 0) is 0 Å². The first-order valence-electron chi connectivity index (χ1n) is 5.02. The van der Waals surface area contributed by atoms with Crippen molar-refractivity contribution in [1.29, 1.82) is 0 Å². The van der Waals surface area contributed by atoms with Gasteiger partial charge in [0, 0.05) is 12.2 Å². The standard InChI is InChI=1S/C9H17NO.C2H6/c1-3-5-9(6-4-2)10-7-8-11;1-2/h3,5-6,10-11H,4,7-8H2,1-2H3;1-2H3/b5-3-,9-6+;. The van der Waals surface area contributed by atoms with E-state index in [4.69, 9.17) is 5.11 Å². The summed E-state index contributed by atoms with van der Waals surface area (Å²) in [7, 11) is 0. The van der Waals surface area contributed by atoms with E-state index >= 15 is 0 Å². The van der Waals surface area contributed by atoms with Gasteiger partial charge in [0.2, 0.25) is 0 Å². The third-order valence-corrected chi connectivity index (χ3v) is 1.21. The molecule has 13 heavy (non-hydrogen) atoms. The zero-order chi connectivity index (χ0) is 10.5. The molecular formula is C11H23NO. The van der Waals surface area contributed by atoms with E-state index in [2.05, 4.69) is 18.3 Å². The second-order valence-electron chi connectivity index (χ2n) is 2.22. The molecule has 0 bridgehead atoms. The zero-order valence-corrected chi connectivity index (χ0v) is 9.30. The molecule has 0 heterocycles. The Labute approximate surface area is 82.4 Å². The van der Waals surface area contributed by atoms with E-state index in [0.29, 0.717) is 6.54 Å². The first-order chi connectivity index (χ1) is 6.35. The van der Waals surface area contributed by atoms with Crippen molar-refractivity contribution >= 4 is 0 Å². The number of rotatable bonds is 5. The maximum atomic E-state index is 8.54. The van der Waals surface area contributed by atoms with Crippen molar-refractivity contribution in [2.45, 2.75) is 34.1 Å². The molecule has 0 aliphatic rings. The van der Waals surface area contributed by atoms with Crippen molar-refractivity contribution in [1.82, 2.24) is 5.32 Å². The Morgan fingerprint density at radius 1 is 1.38 bits per heavy atom. The highest BCUT2D eigenvalue weighted by Crippen LogP contribution is 1.93. The van der Waals surface area contributed by atoms with Gasteiger partial charge in [0.15, 0.2) is 0 Å². The lowest BCUT2D eigenvalue weighted by Gasteiger charge is -2.03. The number of hydrogen-bond acceptors (Lipinski definition) is 2. The number of nitrogens with one attached hydrogen (secondary N) is 1. The number of aliphatic hydroxyl groups excluding tert-OH is 1. The van der Waals surface area contributed by atoms with E-state index in [9.17, 15) is 0 Å². The molecule has 0 aliphatic carbocycles. The molecule has 2 N–H and O–H groups in total. The van der Waals surface area contributed by atoms with Gasteiger partial charge in [0.25, 0.3) is 0 Å². The fourth-order valence-corrected chi connectivity index (χ4v) is 0.799. The molecule has 0 fully saturated rings. The molecule has 0 radical (unpaired) electrons. The van der Waals surface area contributed by atoms with Crippen molar-refractivity contribution in [3.8, 4) is 0 Å². The first-order valence-corrected chi connectivity index (χ1v) is 5.02. The van der Waals surface area contributed by atoms with Gasteiger partial charge >= 0.3 is 0 Å². The van der Waals surface area contributed by atoms with Crippen LogP contribution in [0.2, 0.25) is 0 Å². The highest BCUT2D eigenvalue weighted by atomic mass is 16.3. The van der Waals surface area contributed by atoms with Crippen LogP contribution < -0.4 is 5.32 Å².